The third kappa shape index (κ3) is 3.71. The van der Waals surface area contributed by atoms with Crippen LogP contribution in [0.25, 0.3) is 0 Å². The predicted molar refractivity (Wildman–Crippen MR) is 128 cm³/mol. The number of nitrogens with zero attached hydrogens (tertiary/aromatic N) is 5. The highest BCUT2D eigenvalue weighted by atomic mass is 16.3. The number of hydrogen-bond donors (Lipinski definition) is 1. The van der Waals surface area contributed by atoms with Crippen LogP contribution in [0.1, 0.15) is 56.3 Å². The van der Waals surface area contributed by atoms with Gasteiger partial charge in [0.15, 0.2) is 0 Å². The van der Waals surface area contributed by atoms with E-state index in [0.717, 1.165) is 50.6 Å². The highest BCUT2D eigenvalue weighted by Gasteiger charge is 2.56. The molecule has 1 aromatic heterocycles. The summed E-state index contributed by atoms with van der Waals surface area (Å²) >= 11 is 0. The number of β-amino-alcohol motifs (C(OH)–C–C–N with tert-alkyl or cyclic N) is 1. The summed E-state index contributed by atoms with van der Waals surface area (Å²) in [7, 11) is 4.32. The molecule has 7 heteroatoms. The topological polar surface area (TPSA) is 72.8 Å². The van der Waals surface area contributed by atoms with Crippen LogP contribution in [0, 0.1) is 6.92 Å². The molecule has 3 aliphatic rings. The third-order valence-electron chi connectivity index (χ3n) is 8.48. The van der Waals surface area contributed by atoms with Crippen LogP contribution in [0.15, 0.2) is 42.7 Å². The minimum atomic E-state index is -0.752. The van der Waals surface area contributed by atoms with E-state index < -0.39 is 5.60 Å². The summed E-state index contributed by atoms with van der Waals surface area (Å²) in [5.74, 6) is 0.692. The summed E-state index contributed by atoms with van der Waals surface area (Å²) in [6.45, 7) is 2.88. The van der Waals surface area contributed by atoms with Gasteiger partial charge >= 0.3 is 6.03 Å². The molecule has 1 N–H and O–H groups in total. The number of urea groups is 1. The number of carbonyl (C=O) groups is 1. The van der Waals surface area contributed by atoms with Crippen molar-refractivity contribution in [2.75, 3.05) is 32.1 Å². The van der Waals surface area contributed by atoms with Gasteiger partial charge in [-0.2, -0.15) is 0 Å². The van der Waals surface area contributed by atoms with Crippen LogP contribution in [-0.4, -0.2) is 69.2 Å². The summed E-state index contributed by atoms with van der Waals surface area (Å²) in [4.78, 5) is 28.5. The summed E-state index contributed by atoms with van der Waals surface area (Å²) in [6.07, 6.45) is 9.76. The van der Waals surface area contributed by atoms with Crippen LogP contribution in [0.3, 0.4) is 0 Å². The summed E-state index contributed by atoms with van der Waals surface area (Å²) in [5, 5.41) is 11.0. The van der Waals surface area contributed by atoms with Crippen LogP contribution in [0.5, 0.6) is 0 Å². The average molecular weight is 450 g/mol. The Balaban J connectivity index is 1.46. The highest BCUT2D eigenvalue weighted by molar-refractivity contribution is 5.95. The number of hydrogen-bond acceptors (Lipinski definition) is 5. The van der Waals surface area contributed by atoms with Gasteiger partial charge in [0.05, 0.1) is 42.3 Å². The van der Waals surface area contributed by atoms with Gasteiger partial charge < -0.3 is 10.0 Å². The number of rotatable bonds is 5. The molecular weight excluding hydrogens is 414 g/mol. The lowest BCUT2D eigenvalue weighted by Gasteiger charge is -2.52. The van der Waals surface area contributed by atoms with E-state index in [4.69, 9.17) is 0 Å². The minimum absolute atomic E-state index is 0.0279. The van der Waals surface area contributed by atoms with E-state index in [1.807, 2.05) is 16.7 Å². The Morgan fingerprint density at radius 2 is 1.64 bits per heavy atom. The van der Waals surface area contributed by atoms with Crippen LogP contribution in [0.4, 0.5) is 10.5 Å². The van der Waals surface area contributed by atoms with E-state index in [-0.39, 0.29) is 17.1 Å². The van der Waals surface area contributed by atoms with Gasteiger partial charge in [0.2, 0.25) is 0 Å². The molecule has 1 saturated heterocycles. The summed E-state index contributed by atoms with van der Waals surface area (Å²) < 4.78 is 0. The second kappa shape index (κ2) is 8.06. The minimum Gasteiger partial charge on any atom is -0.388 e. The van der Waals surface area contributed by atoms with E-state index in [1.54, 1.807) is 12.4 Å². The number of carbonyl (C=O) groups excluding carboxylic acids is 1. The molecule has 7 nitrogen and oxygen atoms in total. The van der Waals surface area contributed by atoms with Crippen LogP contribution in [0.2, 0.25) is 0 Å². The molecule has 2 aromatic rings. The van der Waals surface area contributed by atoms with Gasteiger partial charge in [-0.1, -0.05) is 30.3 Å². The quantitative estimate of drug-likeness (QED) is 0.753. The van der Waals surface area contributed by atoms with E-state index in [0.29, 0.717) is 18.9 Å². The number of anilines is 1. The molecule has 0 unspecified atom stereocenters. The van der Waals surface area contributed by atoms with Gasteiger partial charge in [0.25, 0.3) is 0 Å². The van der Waals surface area contributed by atoms with Crippen LogP contribution >= 0.6 is 0 Å². The first-order chi connectivity index (χ1) is 15.8. The highest BCUT2D eigenvalue weighted by Crippen LogP contribution is 2.50. The Kier molecular flexibility index (Phi) is 5.45. The van der Waals surface area contributed by atoms with Gasteiger partial charge in [-0.25, -0.2) is 14.8 Å². The predicted octanol–water partition coefficient (Wildman–Crippen LogP) is 3.71. The number of aryl methyl sites for hydroxylation is 1. The van der Waals surface area contributed by atoms with Crippen LogP contribution < -0.4 is 4.90 Å². The van der Waals surface area contributed by atoms with Crippen molar-refractivity contribution in [2.45, 2.75) is 68.5 Å². The Labute approximate surface area is 196 Å². The molecule has 33 heavy (non-hydrogen) atoms. The van der Waals surface area contributed by atoms with Gasteiger partial charge in [0.1, 0.15) is 5.82 Å². The van der Waals surface area contributed by atoms with E-state index in [2.05, 4.69) is 59.3 Å². The number of amides is 2. The van der Waals surface area contributed by atoms with Crippen molar-refractivity contribution in [3.63, 3.8) is 0 Å². The van der Waals surface area contributed by atoms with Crippen molar-refractivity contribution in [1.29, 1.82) is 0 Å². The lowest BCUT2D eigenvalue weighted by Crippen LogP contribution is -2.59. The number of aliphatic hydroxyl groups is 1. The molecule has 0 bridgehead atoms. The molecule has 176 valence electrons. The van der Waals surface area contributed by atoms with Crippen molar-refractivity contribution in [2.24, 2.45) is 0 Å². The Morgan fingerprint density at radius 3 is 2.18 bits per heavy atom. The van der Waals surface area contributed by atoms with Gasteiger partial charge in [-0.15, -0.1) is 0 Å². The average Bonchev–Trinajstić information content (AvgIpc) is 3.06. The maximum Gasteiger partial charge on any atom is 0.325 e. The molecule has 1 aromatic carbocycles. The smallest absolute Gasteiger partial charge is 0.325 e. The second-order valence-corrected chi connectivity index (χ2v) is 10.5. The van der Waals surface area contributed by atoms with Crippen molar-refractivity contribution in [3.8, 4) is 0 Å². The molecule has 5 rings (SSSR count). The van der Waals surface area contributed by atoms with Crippen molar-refractivity contribution >= 4 is 11.7 Å². The Bertz CT molecular complexity index is 995. The molecule has 1 aliphatic heterocycles. The monoisotopic (exact) mass is 449 g/mol. The number of benzene rings is 1. The lowest BCUT2D eigenvalue weighted by molar-refractivity contribution is -0.0725. The normalized spacial score (nSPS) is 29.1. The molecule has 2 amide bonds. The van der Waals surface area contributed by atoms with Crippen LogP contribution in [-0.2, 0) is 5.54 Å². The third-order valence-corrected chi connectivity index (χ3v) is 8.48. The standard InChI is InChI=1S/C26H35N5O2/c1-20-27-16-22(17-28-20)30-18-24(31(23(30)32)19-25(33)10-7-11-25)12-14-26(15-13-24,29(2)3)21-8-5-4-6-9-21/h4-6,8-9,16-17,33H,7,10-15,18-19H2,1-3H3. The zero-order chi connectivity index (χ0) is 23.3. The first-order valence-corrected chi connectivity index (χ1v) is 12.1. The fourth-order valence-corrected chi connectivity index (χ4v) is 6.09. The SMILES string of the molecule is Cc1ncc(N2CC3(CCC(c4ccccc4)(N(C)C)CC3)N(CC3(O)CCC3)C2=O)cn1. The first-order valence-electron chi connectivity index (χ1n) is 12.1. The van der Waals surface area contributed by atoms with Crippen molar-refractivity contribution < 1.29 is 9.90 Å². The Morgan fingerprint density at radius 1 is 1.00 bits per heavy atom. The van der Waals surface area contributed by atoms with Gasteiger partial charge in [0, 0.05) is 5.54 Å². The molecule has 2 heterocycles. The molecule has 0 radical (unpaired) electrons. The number of aromatic nitrogens is 2. The lowest BCUT2D eigenvalue weighted by atomic mass is 9.67. The molecule has 0 atom stereocenters. The largest absolute Gasteiger partial charge is 0.388 e. The van der Waals surface area contributed by atoms with Gasteiger partial charge in [-0.3, -0.25) is 9.80 Å². The fourth-order valence-electron chi connectivity index (χ4n) is 6.09. The zero-order valence-electron chi connectivity index (χ0n) is 20.0. The Hall–Kier alpha value is -2.51. The summed E-state index contributed by atoms with van der Waals surface area (Å²) in [5.41, 5.74) is 0.983. The van der Waals surface area contributed by atoms with E-state index in [9.17, 15) is 9.90 Å². The second-order valence-electron chi connectivity index (χ2n) is 10.5. The van der Waals surface area contributed by atoms with E-state index in [1.165, 1.54) is 5.56 Å². The van der Waals surface area contributed by atoms with Crippen molar-refractivity contribution in [1.82, 2.24) is 19.8 Å². The summed E-state index contributed by atoms with van der Waals surface area (Å²) in [6, 6.07) is 10.7. The molecule has 2 aliphatic carbocycles. The molecule has 3 fully saturated rings. The molecular formula is C26H35N5O2. The van der Waals surface area contributed by atoms with Gasteiger partial charge in [-0.05, 0) is 71.5 Å². The molecule has 2 saturated carbocycles. The first kappa shape index (κ1) is 22.3. The van der Waals surface area contributed by atoms with E-state index >= 15 is 0 Å². The maximum atomic E-state index is 13.7. The fraction of sp³-hybridized carbons (Fsp3) is 0.577. The maximum absolute atomic E-state index is 13.7. The zero-order valence-corrected chi connectivity index (χ0v) is 20.0. The molecule has 1 spiro atoms. The van der Waals surface area contributed by atoms with Crippen molar-refractivity contribution in [3.05, 3.63) is 54.1 Å².